The molecule has 0 amide bonds. The van der Waals surface area contributed by atoms with Crippen LogP contribution >= 0.6 is 0 Å². The minimum absolute atomic E-state index is 0.620. The van der Waals surface area contributed by atoms with Crippen molar-refractivity contribution in [1.29, 1.82) is 0 Å². The Hall–Kier alpha value is -0.910. The topological polar surface area (TPSA) is 53.2 Å². The summed E-state index contributed by atoms with van der Waals surface area (Å²) in [5.74, 6) is 1.76. The first-order chi connectivity index (χ1) is 9.42. The van der Waals surface area contributed by atoms with Gasteiger partial charge in [-0.05, 0) is 12.8 Å². The van der Waals surface area contributed by atoms with E-state index in [0.29, 0.717) is 5.92 Å². The standard InChI is InChI=1S/C14H24N4O/c1(6-18-7-4-15-5-8-18)14-16-11-13(17-14)12-2-9-19-10-3-12/h11-12,15H,1-10H2,(H,16,17). The minimum atomic E-state index is 0.620. The molecule has 3 rings (SSSR count). The maximum atomic E-state index is 5.41. The smallest absolute Gasteiger partial charge is 0.107 e. The number of rotatable bonds is 4. The second kappa shape index (κ2) is 6.50. The largest absolute Gasteiger partial charge is 0.381 e. The Morgan fingerprint density at radius 2 is 2.05 bits per heavy atom. The van der Waals surface area contributed by atoms with Gasteiger partial charge in [0, 0.05) is 70.2 Å². The maximum Gasteiger partial charge on any atom is 0.107 e. The lowest BCUT2D eigenvalue weighted by Gasteiger charge is -2.26. The number of hydrogen-bond acceptors (Lipinski definition) is 4. The van der Waals surface area contributed by atoms with Gasteiger partial charge in [0.1, 0.15) is 5.82 Å². The van der Waals surface area contributed by atoms with Crippen LogP contribution in [-0.4, -0.2) is 60.8 Å². The number of aromatic nitrogens is 2. The molecule has 3 heterocycles. The van der Waals surface area contributed by atoms with E-state index in [-0.39, 0.29) is 0 Å². The van der Waals surface area contributed by atoms with Gasteiger partial charge in [-0.1, -0.05) is 0 Å². The Bertz CT molecular complexity index is 381. The highest BCUT2D eigenvalue weighted by Gasteiger charge is 2.18. The van der Waals surface area contributed by atoms with Crippen molar-refractivity contribution in [3.63, 3.8) is 0 Å². The average Bonchev–Trinajstić information content (AvgIpc) is 2.96. The van der Waals surface area contributed by atoms with Gasteiger partial charge in [0.15, 0.2) is 0 Å². The molecule has 0 unspecified atom stereocenters. The molecule has 2 N–H and O–H groups in total. The molecule has 2 fully saturated rings. The quantitative estimate of drug-likeness (QED) is 0.843. The SMILES string of the molecule is c1nc(CCN2CCNCC2)[nH]c1C1CCOCC1. The molecule has 0 saturated carbocycles. The number of aromatic amines is 1. The number of hydrogen-bond donors (Lipinski definition) is 2. The number of nitrogens with zero attached hydrogens (tertiary/aromatic N) is 2. The normalized spacial score (nSPS) is 22.7. The zero-order valence-corrected chi connectivity index (χ0v) is 11.5. The molecule has 0 bridgehead atoms. The lowest BCUT2D eigenvalue weighted by atomic mass is 9.97. The van der Waals surface area contributed by atoms with Crippen LogP contribution in [0.3, 0.4) is 0 Å². The second-order valence-electron chi connectivity index (χ2n) is 5.51. The molecule has 19 heavy (non-hydrogen) atoms. The molecule has 0 spiro atoms. The third-order valence-electron chi connectivity index (χ3n) is 4.18. The van der Waals surface area contributed by atoms with Gasteiger partial charge in [0.25, 0.3) is 0 Å². The molecule has 1 aromatic rings. The number of piperazine rings is 1. The summed E-state index contributed by atoms with van der Waals surface area (Å²) in [7, 11) is 0. The zero-order valence-electron chi connectivity index (χ0n) is 11.5. The van der Waals surface area contributed by atoms with Crippen LogP contribution < -0.4 is 5.32 Å². The Balaban J connectivity index is 1.49. The summed E-state index contributed by atoms with van der Waals surface area (Å²) in [5.41, 5.74) is 1.30. The summed E-state index contributed by atoms with van der Waals surface area (Å²) in [6, 6.07) is 0. The van der Waals surface area contributed by atoms with E-state index in [9.17, 15) is 0 Å². The molecular weight excluding hydrogens is 240 g/mol. The predicted octanol–water partition coefficient (Wildman–Crippen LogP) is 0.751. The zero-order chi connectivity index (χ0) is 12.9. The molecular formula is C14H24N4O. The highest BCUT2D eigenvalue weighted by atomic mass is 16.5. The summed E-state index contributed by atoms with van der Waals surface area (Å²) in [5, 5.41) is 3.38. The van der Waals surface area contributed by atoms with Crippen LogP contribution in [0.1, 0.15) is 30.3 Å². The monoisotopic (exact) mass is 264 g/mol. The van der Waals surface area contributed by atoms with Gasteiger partial charge in [-0.3, -0.25) is 0 Å². The lowest BCUT2D eigenvalue weighted by Crippen LogP contribution is -2.44. The van der Waals surface area contributed by atoms with Gasteiger partial charge >= 0.3 is 0 Å². The van der Waals surface area contributed by atoms with Gasteiger partial charge in [0.05, 0.1) is 0 Å². The summed E-state index contributed by atoms with van der Waals surface area (Å²) in [6.07, 6.45) is 5.31. The van der Waals surface area contributed by atoms with Crippen molar-refractivity contribution in [3.8, 4) is 0 Å². The summed E-state index contributed by atoms with van der Waals surface area (Å²) >= 11 is 0. The highest BCUT2D eigenvalue weighted by molar-refractivity contribution is 5.08. The van der Waals surface area contributed by atoms with Gasteiger partial charge in [-0.25, -0.2) is 4.98 Å². The molecule has 0 atom stereocenters. The Morgan fingerprint density at radius 1 is 1.26 bits per heavy atom. The maximum absolute atomic E-state index is 5.41. The first-order valence-corrected chi connectivity index (χ1v) is 7.46. The predicted molar refractivity (Wildman–Crippen MR) is 74.4 cm³/mol. The fourth-order valence-corrected chi connectivity index (χ4v) is 2.92. The van der Waals surface area contributed by atoms with Crippen molar-refractivity contribution in [2.45, 2.75) is 25.2 Å². The van der Waals surface area contributed by atoms with Crippen molar-refractivity contribution < 1.29 is 4.74 Å². The molecule has 5 heteroatoms. The van der Waals surface area contributed by atoms with E-state index in [0.717, 1.165) is 71.0 Å². The van der Waals surface area contributed by atoms with E-state index in [2.05, 4.69) is 20.2 Å². The fourth-order valence-electron chi connectivity index (χ4n) is 2.92. The van der Waals surface area contributed by atoms with E-state index in [1.807, 2.05) is 6.20 Å². The molecule has 0 aliphatic carbocycles. The summed E-state index contributed by atoms with van der Waals surface area (Å²) in [4.78, 5) is 10.6. The Kier molecular flexibility index (Phi) is 4.48. The molecule has 0 aromatic carbocycles. The number of ether oxygens (including phenoxy) is 1. The van der Waals surface area contributed by atoms with Crippen LogP contribution in [0.4, 0.5) is 0 Å². The summed E-state index contributed by atoms with van der Waals surface area (Å²) < 4.78 is 5.41. The van der Waals surface area contributed by atoms with Crippen LogP contribution in [-0.2, 0) is 11.2 Å². The van der Waals surface area contributed by atoms with Crippen LogP contribution in [0.5, 0.6) is 0 Å². The lowest BCUT2D eigenvalue weighted by molar-refractivity contribution is 0.0845. The molecule has 1 aromatic heterocycles. The van der Waals surface area contributed by atoms with Crippen LogP contribution in [0.25, 0.3) is 0 Å². The fraction of sp³-hybridized carbons (Fsp3) is 0.786. The Labute approximate surface area is 114 Å². The molecule has 5 nitrogen and oxygen atoms in total. The average molecular weight is 264 g/mol. The Morgan fingerprint density at radius 3 is 2.84 bits per heavy atom. The first-order valence-electron chi connectivity index (χ1n) is 7.46. The van der Waals surface area contributed by atoms with Crippen molar-refractivity contribution in [1.82, 2.24) is 20.2 Å². The number of nitrogens with one attached hydrogen (secondary N) is 2. The minimum Gasteiger partial charge on any atom is -0.381 e. The van der Waals surface area contributed by atoms with Gasteiger partial charge in [0.2, 0.25) is 0 Å². The third-order valence-corrected chi connectivity index (χ3v) is 4.18. The van der Waals surface area contributed by atoms with Gasteiger partial charge in [-0.2, -0.15) is 0 Å². The van der Waals surface area contributed by atoms with Crippen LogP contribution in [0, 0.1) is 0 Å². The molecule has 2 saturated heterocycles. The van der Waals surface area contributed by atoms with Crippen LogP contribution in [0.2, 0.25) is 0 Å². The van der Waals surface area contributed by atoms with Gasteiger partial charge < -0.3 is 19.9 Å². The van der Waals surface area contributed by atoms with Crippen molar-refractivity contribution in [3.05, 3.63) is 17.7 Å². The van der Waals surface area contributed by atoms with E-state index < -0.39 is 0 Å². The van der Waals surface area contributed by atoms with E-state index in [4.69, 9.17) is 4.74 Å². The number of imidazole rings is 1. The van der Waals surface area contributed by atoms with E-state index in [1.54, 1.807) is 0 Å². The van der Waals surface area contributed by atoms with Crippen LogP contribution in [0.15, 0.2) is 6.20 Å². The highest BCUT2D eigenvalue weighted by Crippen LogP contribution is 2.25. The molecule has 2 aliphatic rings. The van der Waals surface area contributed by atoms with Crippen molar-refractivity contribution in [2.75, 3.05) is 45.9 Å². The first kappa shape index (κ1) is 13.1. The summed E-state index contributed by atoms with van der Waals surface area (Å²) in [6.45, 7) is 7.44. The second-order valence-corrected chi connectivity index (χ2v) is 5.51. The van der Waals surface area contributed by atoms with Gasteiger partial charge in [-0.15, -0.1) is 0 Å². The third kappa shape index (κ3) is 3.55. The van der Waals surface area contributed by atoms with Crippen molar-refractivity contribution in [2.24, 2.45) is 0 Å². The molecule has 106 valence electrons. The number of H-pyrrole nitrogens is 1. The van der Waals surface area contributed by atoms with Crippen molar-refractivity contribution >= 4 is 0 Å². The van der Waals surface area contributed by atoms with E-state index >= 15 is 0 Å². The van der Waals surface area contributed by atoms with E-state index in [1.165, 1.54) is 5.69 Å². The molecule has 0 radical (unpaired) electrons. The molecule has 2 aliphatic heterocycles.